The van der Waals surface area contributed by atoms with Crippen LogP contribution in [0, 0.1) is 0 Å². The summed E-state index contributed by atoms with van der Waals surface area (Å²) in [6, 6.07) is 11.6. The lowest BCUT2D eigenvalue weighted by atomic mass is 10.1. The van der Waals surface area contributed by atoms with Crippen molar-refractivity contribution in [2.24, 2.45) is 15.2 Å². The van der Waals surface area contributed by atoms with Crippen LogP contribution in [0.3, 0.4) is 0 Å². The smallest absolute Gasteiger partial charge is 0.490 e. The zero-order chi connectivity index (χ0) is 21.6. The van der Waals surface area contributed by atoms with Crippen LogP contribution in [0.15, 0.2) is 51.6 Å². The number of hydrogen-bond acceptors (Lipinski definition) is 7. The van der Waals surface area contributed by atoms with Crippen molar-refractivity contribution < 1.29 is 33.3 Å². The third-order valence-electron chi connectivity index (χ3n) is 3.74. The standard InChI is InChI=1S/C15H12N4O.C2HF3O2.CH4O/c20-15-12(17-9-4-2-1-3-5-9)8-11-13-10(6-7-16-11)18-19-14(13)15;3-2(4,5)1(6)7;1-2/h1-5,8,17,20H,6-7H2;(H,6,7);2H,1H3. The van der Waals surface area contributed by atoms with E-state index in [-0.39, 0.29) is 5.75 Å². The summed E-state index contributed by atoms with van der Waals surface area (Å²) in [5.74, 6) is -2.63. The predicted octanol–water partition coefficient (Wildman–Crippen LogP) is 2.61. The molecule has 0 unspecified atom stereocenters. The monoisotopic (exact) mass is 410 g/mol. The Hall–Kier alpha value is -3.47. The molecule has 0 aliphatic carbocycles. The summed E-state index contributed by atoms with van der Waals surface area (Å²) >= 11 is 0. The van der Waals surface area contributed by atoms with Crippen molar-refractivity contribution in [3.8, 4) is 5.75 Å². The van der Waals surface area contributed by atoms with E-state index in [1.165, 1.54) is 0 Å². The molecule has 0 bridgehead atoms. The number of azo groups is 1. The Labute approximate surface area is 162 Å². The van der Waals surface area contributed by atoms with Gasteiger partial charge >= 0.3 is 12.1 Å². The maximum absolute atomic E-state index is 10.6. The van der Waals surface area contributed by atoms with Crippen LogP contribution in [0.5, 0.6) is 5.75 Å². The highest BCUT2D eigenvalue weighted by molar-refractivity contribution is 5.76. The number of hydrogen-bond donors (Lipinski definition) is 4. The van der Waals surface area contributed by atoms with Crippen molar-refractivity contribution in [1.82, 2.24) is 0 Å². The van der Waals surface area contributed by atoms with Gasteiger partial charge in [-0.1, -0.05) is 18.2 Å². The van der Waals surface area contributed by atoms with Crippen LogP contribution >= 0.6 is 0 Å². The van der Waals surface area contributed by atoms with Gasteiger partial charge in [-0.05, 0) is 18.2 Å². The molecule has 2 aliphatic rings. The molecule has 0 fully saturated rings. The van der Waals surface area contributed by atoms with E-state index in [1.54, 1.807) is 0 Å². The average Bonchev–Trinajstić information content (AvgIpc) is 3.14. The van der Waals surface area contributed by atoms with Gasteiger partial charge in [0.2, 0.25) is 0 Å². The quantitative estimate of drug-likeness (QED) is 0.566. The van der Waals surface area contributed by atoms with Gasteiger partial charge in [0.25, 0.3) is 0 Å². The molecule has 2 aromatic rings. The maximum Gasteiger partial charge on any atom is 0.490 e. The van der Waals surface area contributed by atoms with E-state index in [2.05, 4.69) is 20.5 Å². The number of phenolic OH excluding ortho intramolecular Hbond substituents is 1. The number of carbonyl (C=O) groups is 1. The van der Waals surface area contributed by atoms with Crippen LogP contribution in [0.4, 0.5) is 30.2 Å². The minimum atomic E-state index is -5.08. The number of carboxylic acid groups (broad SMARTS) is 1. The van der Waals surface area contributed by atoms with Crippen molar-refractivity contribution in [3.63, 3.8) is 0 Å². The third kappa shape index (κ3) is 5.08. The SMILES string of the molecule is CO.O=C(O)C(F)(F)F.Oc1c(Nc2ccccc2)cc2c3c1N=NC=3CCN=2. The number of carboxylic acids is 1. The molecule has 0 spiro atoms. The number of aliphatic hydroxyl groups excluding tert-OH is 1. The van der Waals surface area contributed by atoms with Gasteiger partial charge in [0.1, 0.15) is 5.69 Å². The molecule has 4 rings (SSSR count). The Kier molecular flexibility index (Phi) is 6.89. The molecule has 0 amide bonds. The van der Waals surface area contributed by atoms with E-state index in [9.17, 15) is 18.3 Å². The summed E-state index contributed by atoms with van der Waals surface area (Å²) in [5, 5.41) is 37.6. The van der Waals surface area contributed by atoms with Gasteiger partial charge in [-0.15, -0.1) is 5.11 Å². The first-order valence-electron chi connectivity index (χ1n) is 8.19. The van der Waals surface area contributed by atoms with Crippen LogP contribution < -0.4 is 15.9 Å². The van der Waals surface area contributed by atoms with E-state index in [0.717, 1.165) is 42.0 Å². The number of benzene rings is 2. The molecular weight excluding hydrogens is 393 g/mol. The van der Waals surface area contributed by atoms with Crippen molar-refractivity contribution in [1.29, 1.82) is 0 Å². The molecule has 154 valence electrons. The first-order chi connectivity index (χ1) is 13.8. The second-order valence-corrected chi connectivity index (χ2v) is 5.59. The van der Waals surface area contributed by atoms with Crippen LogP contribution in [0.1, 0.15) is 6.42 Å². The highest BCUT2D eigenvalue weighted by atomic mass is 19.4. The number of anilines is 2. The molecule has 2 aliphatic heterocycles. The van der Waals surface area contributed by atoms with Gasteiger partial charge in [-0.3, -0.25) is 4.99 Å². The number of para-hydroxylation sites is 1. The summed E-state index contributed by atoms with van der Waals surface area (Å²) < 4.78 is 31.7. The Morgan fingerprint density at radius 3 is 2.34 bits per heavy atom. The average molecular weight is 410 g/mol. The van der Waals surface area contributed by atoms with E-state index in [0.29, 0.717) is 11.4 Å². The molecule has 8 nitrogen and oxygen atoms in total. The van der Waals surface area contributed by atoms with Gasteiger partial charge in [0, 0.05) is 25.8 Å². The molecule has 0 atom stereocenters. The number of aromatic hydroxyl groups is 1. The van der Waals surface area contributed by atoms with Gasteiger partial charge in [0.05, 0.1) is 22.0 Å². The first kappa shape index (κ1) is 21.8. The topological polar surface area (TPSA) is 127 Å². The fourth-order valence-corrected chi connectivity index (χ4v) is 2.54. The summed E-state index contributed by atoms with van der Waals surface area (Å²) in [7, 11) is 1.00. The summed E-state index contributed by atoms with van der Waals surface area (Å²) in [6.07, 6.45) is -4.30. The van der Waals surface area contributed by atoms with E-state index < -0.39 is 12.1 Å². The largest absolute Gasteiger partial charge is 0.504 e. The third-order valence-corrected chi connectivity index (χ3v) is 3.74. The number of alkyl halides is 3. The Balaban J connectivity index is 0.000000287. The van der Waals surface area contributed by atoms with Gasteiger partial charge in [-0.2, -0.15) is 18.3 Å². The molecule has 0 radical (unpaired) electrons. The Morgan fingerprint density at radius 2 is 1.76 bits per heavy atom. The fraction of sp³-hybridized carbons (Fsp3) is 0.222. The van der Waals surface area contributed by atoms with E-state index >= 15 is 0 Å². The van der Waals surface area contributed by atoms with E-state index in [1.807, 2.05) is 36.4 Å². The summed E-state index contributed by atoms with van der Waals surface area (Å²) in [6.45, 7) is 0.719. The van der Waals surface area contributed by atoms with Gasteiger partial charge in [0.15, 0.2) is 5.75 Å². The first-order valence-corrected chi connectivity index (χ1v) is 8.19. The number of aliphatic carboxylic acids is 1. The predicted molar refractivity (Wildman–Crippen MR) is 97.9 cm³/mol. The van der Waals surface area contributed by atoms with Crippen LogP contribution in [-0.4, -0.2) is 41.1 Å². The fourth-order valence-electron chi connectivity index (χ4n) is 2.54. The lowest BCUT2D eigenvalue weighted by Crippen LogP contribution is -2.30. The maximum atomic E-state index is 10.6. The molecule has 4 N–H and O–H groups in total. The second kappa shape index (κ2) is 9.15. The van der Waals surface area contributed by atoms with E-state index in [4.69, 9.17) is 15.0 Å². The van der Waals surface area contributed by atoms with Gasteiger partial charge in [-0.25, -0.2) is 4.79 Å². The van der Waals surface area contributed by atoms with Gasteiger partial charge < -0.3 is 20.6 Å². The second-order valence-electron chi connectivity index (χ2n) is 5.59. The Morgan fingerprint density at radius 1 is 1.14 bits per heavy atom. The van der Waals surface area contributed by atoms with Crippen molar-refractivity contribution >= 4 is 28.7 Å². The van der Waals surface area contributed by atoms with Crippen LogP contribution in [-0.2, 0) is 4.79 Å². The number of rotatable bonds is 2. The molecular formula is C18H17F3N4O4. The molecule has 11 heteroatoms. The minimum Gasteiger partial charge on any atom is -0.504 e. The summed E-state index contributed by atoms with van der Waals surface area (Å²) in [4.78, 5) is 13.4. The Bertz CT molecular complexity index is 1040. The normalized spacial score (nSPS) is 13.2. The number of halogens is 3. The lowest BCUT2D eigenvalue weighted by molar-refractivity contribution is -0.192. The number of nitrogens with one attached hydrogen (secondary N) is 1. The number of phenols is 1. The zero-order valence-corrected chi connectivity index (χ0v) is 15.1. The molecule has 2 aromatic carbocycles. The molecule has 0 saturated carbocycles. The number of nitrogens with zero attached hydrogens (tertiary/aromatic N) is 3. The van der Waals surface area contributed by atoms with Crippen molar-refractivity contribution in [2.75, 3.05) is 19.0 Å². The lowest BCUT2D eigenvalue weighted by Gasteiger charge is -2.11. The molecule has 29 heavy (non-hydrogen) atoms. The molecule has 0 saturated heterocycles. The van der Waals surface area contributed by atoms with Crippen molar-refractivity contribution in [2.45, 2.75) is 12.6 Å². The number of aliphatic hydroxyl groups is 1. The highest BCUT2D eigenvalue weighted by Crippen LogP contribution is 2.35. The minimum absolute atomic E-state index is 0.128. The molecule has 2 heterocycles. The highest BCUT2D eigenvalue weighted by Gasteiger charge is 2.38. The zero-order valence-electron chi connectivity index (χ0n) is 15.1. The van der Waals surface area contributed by atoms with Crippen LogP contribution in [0.25, 0.3) is 5.70 Å². The summed E-state index contributed by atoms with van der Waals surface area (Å²) in [5.41, 5.74) is 2.96. The van der Waals surface area contributed by atoms with Crippen molar-refractivity contribution in [3.05, 3.63) is 47.0 Å². The molecule has 0 aromatic heterocycles. The van der Waals surface area contributed by atoms with Crippen LogP contribution in [0.2, 0.25) is 0 Å².